The smallest absolute Gasteiger partial charge is 0.271 e. The van der Waals surface area contributed by atoms with Crippen molar-refractivity contribution >= 4 is 23.0 Å². The molecule has 0 saturated heterocycles. The van der Waals surface area contributed by atoms with Crippen LogP contribution in [0, 0.1) is 10.1 Å². The van der Waals surface area contributed by atoms with Gasteiger partial charge in [0.1, 0.15) is 0 Å². The van der Waals surface area contributed by atoms with Gasteiger partial charge in [0.05, 0.1) is 34.1 Å². The Morgan fingerprint density at radius 1 is 1.39 bits per heavy atom. The number of nitrogens with zero attached hydrogens (tertiary/aromatic N) is 3. The number of nitro groups is 1. The number of benzene rings is 1. The Hall–Kier alpha value is -2.21. The molecule has 0 aliphatic heterocycles. The van der Waals surface area contributed by atoms with Crippen molar-refractivity contribution in [3.8, 4) is 0 Å². The molecule has 6 nitrogen and oxygen atoms in total. The Labute approximate surface area is 108 Å². The molecule has 0 spiro atoms. The summed E-state index contributed by atoms with van der Waals surface area (Å²) in [4.78, 5) is 18.1. The van der Waals surface area contributed by atoms with Crippen LogP contribution in [0.2, 0.25) is 5.02 Å². The normalized spacial score (nSPS) is 10.1. The number of hydrogen-bond acceptors (Lipinski definition) is 5. The maximum Gasteiger partial charge on any atom is 0.271 e. The summed E-state index contributed by atoms with van der Waals surface area (Å²) in [6, 6.07) is 4.27. The quantitative estimate of drug-likeness (QED) is 0.678. The topological polar surface area (TPSA) is 81.0 Å². The van der Waals surface area contributed by atoms with E-state index in [0.29, 0.717) is 17.3 Å². The van der Waals surface area contributed by atoms with E-state index in [-0.39, 0.29) is 5.69 Å². The molecule has 2 aromatic rings. The van der Waals surface area contributed by atoms with Crippen LogP contribution in [-0.2, 0) is 6.54 Å². The number of halogens is 1. The van der Waals surface area contributed by atoms with Gasteiger partial charge in [-0.3, -0.25) is 20.1 Å². The van der Waals surface area contributed by atoms with Crippen molar-refractivity contribution in [3.05, 3.63) is 57.6 Å². The van der Waals surface area contributed by atoms with Gasteiger partial charge in [-0.25, -0.2) is 0 Å². The largest absolute Gasteiger partial charge is 0.378 e. The van der Waals surface area contributed by atoms with Crippen LogP contribution in [0.3, 0.4) is 0 Å². The van der Waals surface area contributed by atoms with E-state index in [1.165, 1.54) is 12.1 Å². The summed E-state index contributed by atoms with van der Waals surface area (Å²) in [5, 5.41) is 13.9. The van der Waals surface area contributed by atoms with Crippen LogP contribution < -0.4 is 5.32 Å². The van der Waals surface area contributed by atoms with Crippen LogP contribution >= 0.6 is 11.6 Å². The van der Waals surface area contributed by atoms with E-state index < -0.39 is 4.92 Å². The van der Waals surface area contributed by atoms with E-state index in [1.807, 2.05) is 0 Å². The highest BCUT2D eigenvalue weighted by molar-refractivity contribution is 6.33. The first kappa shape index (κ1) is 12.3. The zero-order valence-electron chi connectivity index (χ0n) is 9.21. The molecule has 0 unspecified atom stereocenters. The average Bonchev–Trinajstić information content (AvgIpc) is 2.38. The summed E-state index contributed by atoms with van der Waals surface area (Å²) in [6.45, 7) is 0.450. The minimum Gasteiger partial charge on any atom is -0.378 e. The predicted molar refractivity (Wildman–Crippen MR) is 67.5 cm³/mol. The van der Waals surface area contributed by atoms with Gasteiger partial charge < -0.3 is 5.32 Å². The van der Waals surface area contributed by atoms with Crippen LogP contribution in [-0.4, -0.2) is 14.9 Å². The Bertz CT molecular complexity index is 562. The minimum atomic E-state index is -0.488. The molecule has 92 valence electrons. The molecule has 0 aliphatic carbocycles. The fraction of sp³-hybridized carbons (Fsp3) is 0.0909. The molecule has 0 aliphatic rings. The number of anilines is 1. The number of rotatable bonds is 4. The molecule has 7 heteroatoms. The van der Waals surface area contributed by atoms with E-state index in [1.54, 1.807) is 24.7 Å². The second-order valence-electron chi connectivity index (χ2n) is 3.47. The van der Waals surface area contributed by atoms with Gasteiger partial charge in [0.25, 0.3) is 5.69 Å². The van der Waals surface area contributed by atoms with Gasteiger partial charge in [-0.1, -0.05) is 11.6 Å². The molecular weight excluding hydrogens is 256 g/mol. The van der Waals surface area contributed by atoms with Gasteiger partial charge in [0, 0.05) is 24.5 Å². The van der Waals surface area contributed by atoms with Crippen LogP contribution in [0.15, 0.2) is 36.8 Å². The van der Waals surface area contributed by atoms with Crippen molar-refractivity contribution in [1.82, 2.24) is 9.97 Å². The third kappa shape index (κ3) is 2.92. The van der Waals surface area contributed by atoms with Crippen LogP contribution in [0.4, 0.5) is 11.4 Å². The zero-order chi connectivity index (χ0) is 13.0. The van der Waals surface area contributed by atoms with E-state index in [2.05, 4.69) is 15.3 Å². The molecular formula is C11H9ClN4O2. The lowest BCUT2D eigenvalue weighted by Gasteiger charge is -2.07. The Morgan fingerprint density at radius 2 is 2.22 bits per heavy atom. The molecule has 0 radical (unpaired) electrons. The second-order valence-corrected chi connectivity index (χ2v) is 3.88. The number of nitrogens with one attached hydrogen (secondary N) is 1. The Morgan fingerprint density at radius 3 is 2.83 bits per heavy atom. The van der Waals surface area contributed by atoms with Gasteiger partial charge in [-0.2, -0.15) is 0 Å². The molecule has 2 rings (SSSR count). The summed E-state index contributed by atoms with van der Waals surface area (Å²) in [5.74, 6) is 0. The fourth-order valence-corrected chi connectivity index (χ4v) is 1.61. The first-order valence-electron chi connectivity index (χ1n) is 5.09. The first-order valence-corrected chi connectivity index (χ1v) is 5.47. The van der Waals surface area contributed by atoms with Gasteiger partial charge in [-0.05, 0) is 6.07 Å². The molecule has 1 aromatic heterocycles. The molecule has 0 saturated carbocycles. The average molecular weight is 265 g/mol. The van der Waals surface area contributed by atoms with Crippen LogP contribution in [0.5, 0.6) is 0 Å². The summed E-state index contributed by atoms with van der Waals surface area (Å²) in [6.07, 6.45) is 4.81. The maximum absolute atomic E-state index is 10.6. The van der Waals surface area contributed by atoms with Gasteiger partial charge in [0.2, 0.25) is 0 Å². The molecule has 1 N–H and O–H groups in total. The van der Waals surface area contributed by atoms with E-state index in [9.17, 15) is 10.1 Å². The van der Waals surface area contributed by atoms with Crippen molar-refractivity contribution in [2.24, 2.45) is 0 Å². The lowest BCUT2D eigenvalue weighted by atomic mass is 10.2. The van der Waals surface area contributed by atoms with Gasteiger partial charge >= 0.3 is 0 Å². The lowest BCUT2D eigenvalue weighted by molar-refractivity contribution is -0.384. The molecule has 0 bridgehead atoms. The van der Waals surface area contributed by atoms with E-state index in [4.69, 9.17) is 11.6 Å². The summed E-state index contributed by atoms with van der Waals surface area (Å²) in [7, 11) is 0. The van der Waals surface area contributed by atoms with Gasteiger partial charge in [-0.15, -0.1) is 0 Å². The van der Waals surface area contributed by atoms with Crippen molar-refractivity contribution < 1.29 is 4.92 Å². The number of nitro benzene ring substituents is 1. The molecule has 1 aromatic carbocycles. The van der Waals surface area contributed by atoms with Crippen molar-refractivity contribution in [3.63, 3.8) is 0 Å². The van der Waals surface area contributed by atoms with Crippen molar-refractivity contribution in [2.75, 3.05) is 5.32 Å². The standard InChI is InChI=1S/C11H9ClN4O2/c12-10-5-9(16(17)18)1-2-11(10)15-7-8-6-13-3-4-14-8/h1-6,15H,7H2. The third-order valence-electron chi connectivity index (χ3n) is 2.24. The highest BCUT2D eigenvalue weighted by atomic mass is 35.5. The summed E-state index contributed by atoms with van der Waals surface area (Å²) in [5.41, 5.74) is 1.34. The first-order chi connectivity index (χ1) is 8.66. The molecule has 0 fully saturated rings. The van der Waals surface area contributed by atoms with Crippen LogP contribution in [0.1, 0.15) is 5.69 Å². The highest BCUT2D eigenvalue weighted by Crippen LogP contribution is 2.26. The fourth-order valence-electron chi connectivity index (χ4n) is 1.37. The Kier molecular flexibility index (Phi) is 3.69. The minimum absolute atomic E-state index is 0.0370. The highest BCUT2D eigenvalue weighted by Gasteiger charge is 2.09. The number of non-ortho nitro benzene ring substituents is 1. The van der Waals surface area contributed by atoms with Crippen LogP contribution in [0.25, 0.3) is 0 Å². The third-order valence-corrected chi connectivity index (χ3v) is 2.55. The second kappa shape index (κ2) is 5.42. The predicted octanol–water partition coefficient (Wildman–Crippen LogP) is 2.65. The number of hydrogen-bond donors (Lipinski definition) is 1. The molecule has 18 heavy (non-hydrogen) atoms. The van der Waals surface area contributed by atoms with Crippen molar-refractivity contribution in [1.29, 1.82) is 0 Å². The molecule has 0 amide bonds. The Balaban J connectivity index is 2.08. The lowest BCUT2D eigenvalue weighted by Crippen LogP contribution is -2.02. The van der Waals surface area contributed by atoms with Gasteiger partial charge in [0.15, 0.2) is 0 Å². The molecule has 1 heterocycles. The summed E-state index contributed by atoms with van der Waals surface area (Å²) >= 11 is 5.94. The summed E-state index contributed by atoms with van der Waals surface area (Å²) < 4.78 is 0. The molecule has 0 atom stereocenters. The van der Waals surface area contributed by atoms with Crippen molar-refractivity contribution in [2.45, 2.75) is 6.54 Å². The monoisotopic (exact) mass is 264 g/mol. The van der Waals surface area contributed by atoms with E-state index >= 15 is 0 Å². The SMILES string of the molecule is O=[N+]([O-])c1ccc(NCc2cnccn2)c(Cl)c1. The van der Waals surface area contributed by atoms with E-state index in [0.717, 1.165) is 5.69 Å². The zero-order valence-corrected chi connectivity index (χ0v) is 9.96. The maximum atomic E-state index is 10.6. The number of aromatic nitrogens is 2.